The molecule has 132 valence electrons. The van der Waals surface area contributed by atoms with E-state index in [0.29, 0.717) is 19.0 Å². The zero-order valence-electron chi connectivity index (χ0n) is 13.2. The van der Waals surface area contributed by atoms with Crippen LogP contribution in [0.25, 0.3) is 0 Å². The normalized spacial score (nSPS) is 15.1. The van der Waals surface area contributed by atoms with Gasteiger partial charge in [-0.15, -0.1) is 11.6 Å². The average Bonchev–Trinajstić information content (AvgIpc) is 3.09. The van der Waals surface area contributed by atoms with Gasteiger partial charge in [0.2, 0.25) is 10.0 Å². The van der Waals surface area contributed by atoms with E-state index in [-0.39, 0.29) is 12.4 Å². The van der Waals surface area contributed by atoms with Gasteiger partial charge in [0.25, 0.3) is 0 Å². The van der Waals surface area contributed by atoms with Crippen molar-refractivity contribution in [2.24, 2.45) is 5.84 Å². The van der Waals surface area contributed by atoms with E-state index in [9.17, 15) is 8.42 Å². The molecule has 2 rings (SSSR count). The first kappa shape index (κ1) is 20.2. The number of benzene rings is 1. The van der Waals surface area contributed by atoms with E-state index in [1.54, 1.807) is 28.6 Å². The summed E-state index contributed by atoms with van der Waals surface area (Å²) in [6, 6.07) is 7.11. The molecule has 0 aliphatic carbocycles. The zero-order valence-corrected chi connectivity index (χ0v) is 14.8. The minimum absolute atomic E-state index is 0.0673. The van der Waals surface area contributed by atoms with E-state index in [1.165, 1.54) is 0 Å². The lowest BCUT2D eigenvalue weighted by Crippen LogP contribution is -2.29. The highest BCUT2D eigenvalue weighted by atomic mass is 35.5. The monoisotopic (exact) mass is 363 g/mol. The number of nitrogen functional groups attached to an aromatic ring is 1. The van der Waals surface area contributed by atoms with Gasteiger partial charge in [0.05, 0.1) is 5.75 Å². The molecule has 1 aliphatic heterocycles. The van der Waals surface area contributed by atoms with Crippen LogP contribution >= 0.6 is 11.6 Å². The molecule has 0 bridgehead atoms. The summed E-state index contributed by atoms with van der Waals surface area (Å²) in [7, 11) is -3.15. The molecule has 0 radical (unpaired) electrons. The Bertz CT molecular complexity index is 527. The summed E-state index contributed by atoms with van der Waals surface area (Å²) in [5, 5.41) is 8.14. The van der Waals surface area contributed by atoms with Crippen molar-refractivity contribution in [2.45, 2.75) is 31.4 Å². The number of aliphatic hydroxyl groups is 1. The first-order chi connectivity index (χ1) is 11.0. The van der Waals surface area contributed by atoms with E-state index in [0.717, 1.165) is 36.9 Å². The minimum atomic E-state index is -3.15. The van der Waals surface area contributed by atoms with E-state index in [2.05, 4.69) is 5.43 Å². The number of nitrogens with two attached hydrogens (primary N) is 1. The summed E-state index contributed by atoms with van der Waals surface area (Å²) in [6.07, 6.45) is 3.70. The molecular formula is C15H26ClN3O3S. The Hall–Kier alpha value is -0.860. The summed E-state index contributed by atoms with van der Waals surface area (Å²) < 4.78 is 25.7. The highest BCUT2D eigenvalue weighted by Gasteiger charge is 2.25. The molecule has 0 aromatic heterocycles. The van der Waals surface area contributed by atoms with Gasteiger partial charge in [-0.3, -0.25) is 5.84 Å². The quantitative estimate of drug-likeness (QED) is 0.297. The fourth-order valence-corrected chi connectivity index (χ4v) is 3.97. The molecule has 1 aliphatic rings. The summed E-state index contributed by atoms with van der Waals surface area (Å²) >= 11 is 5.27. The SMILES string of the molecule is NNc1ccc(CS(=O)(=O)N2CCCC2)cc1.OCCCCCl. The summed E-state index contributed by atoms with van der Waals surface area (Å²) in [6.45, 7) is 1.59. The maximum absolute atomic E-state index is 12.0. The Labute approximate surface area is 143 Å². The van der Waals surface area contributed by atoms with Crippen LogP contribution in [0.1, 0.15) is 31.2 Å². The van der Waals surface area contributed by atoms with Crippen molar-refractivity contribution in [3.63, 3.8) is 0 Å². The summed E-state index contributed by atoms with van der Waals surface area (Å²) in [5.41, 5.74) is 4.07. The van der Waals surface area contributed by atoms with Crippen molar-refractivity contribution >= 4 is 27.3 Å². The summed E-state index contributed by atoms with van der Waals surface area (Å²) in [4.78, 5) is 0. The van der Waals surface area contributed by atoms with Crippen LogP contribution in [0.5, 0.6) is 0 Å². The highest BCUT2D eigenvalue weighted by molar-refractivity contribution is 7.88. The van der Waals surface area contributed by atoms with Crippen molar-refractivity contribution in [2.75, 3.05) is 31.0 Å². The van der Waals surface area contributed by atoms with E-state index in [1.807, 2.05) is 0 Å². The number of nitrogens with one attached hydrogen (secondary N) is 1. The number of rotatable bonds is 7. The third-order valence-corrected chi connectivity index (χ3v) is 5.59. The van der Waals surface area contributed by atoms with Gasteiger partial charge in [0.15, 0.2) is 0 Å². The number of alkyl halides is 1. The van der Waals surface area contributed by atoms with Gasteiger partial charge in [0, 0.05) is 31.3 Å². The summed E-state index contributed by atoms with van der Waals surface area (Å²) in [5.74, 6) is 5.98. The van der Waals surface area contributed by atoms with Crippen LogP contribution in [0.3, 0.4) is 0 Å². The number of hydrogen-bond donors (Lipinski definition) is 3. The van der Waals surface area contributed by atoms with Crippen molar-refractivity contribution in [3.05, 3.63) is 29.8 Å². The molecule has 0 unspecified atom stereocenters. The Balaban J connectivity index is 0.000000379. The lowest BCUT2D eigenvalue weighted by atomic mass is 10.2. The molecule has 4 N–H and O–H groups in total. The van der Waals surface area contributed by atoms with E-state index < -0.39 is 10.0 Å². The Morgan fingerprint density at radius 2 is 1.78 bits per heavy atom. The Morgan fingerprint density at radius 1 is 1.17 bits per heavy atom. The third kappa shape index (κ3) is 7.50. The first-order valence-corrected chi connectivity index (χ1v) is 9.88. The van der Waals surface area contributed by atoms with Gasteiger partial charge in [0.1, 0.15) is 0 Å². The average molecular weight is 364 g/mol. The molecular weight excluding hydrogens is 338 g/mol. The van der Waals surface area contributed by atoms with E-state index >= 15 is 0 Å². The van der Waals surface area contributed by atoms with Crippen LogP contribution in [0.2, 0.25) is 0 Å². The number of anilines is 1. The van der Waals surface area contributed by atoms with Crippen LogP contribution in [0, 0.1) is 0 Å². The second-order valence-corrected chi connectivity index (χ2v) is 7.67. The highest BCUT2D eigenvalue weighted by Crippen LogP contribution is 2.18. The molecule has 0 amide bonds. The first-order valence-electron chi connectivity index (χ1n) is 7.73. The number of unbranched alkanes of at least 4 members (excludes halogenated alkanes) is 1. The molecule has 6 nitrogen and oxygen atoms in total. The second-order valence-electron chi connectivity index (χ2n) is 5.32. The lowest BCUT2D eigenvalue weighted by molar-refractivity contribution is 0.287. The van der Waals surface area contributed by atoms with Gasteiger partial charge >= 0.3 is 0 Å². The topological polar surface area (TPSA) is 95.7 Å². The van der Waals surface area contributed by atoms with Crippen LogP contribution in [0.15, 0.2) is 24.3 Å². The molecule has 23 heavy (non-hydrogen) atoms. The van der Waals surface area contributed by atoms with Crippen LogP contribution < -0.4 is 11.3 Å². The van der Waals surface area contributed by atoms with Crippen molar-refractivity contribution in [1.82, 2.24) is 4.31 Å². The molecule has 1 saturated heterocycles. The largest absolute Gasteiger partial charge is 0.396 e. The zero-order chi connectivity index (χ0) is 17.1. The molecule has 1 fully saturated rings. The predicted molar refractivity (Wildman–Crippen MR) is 94.7 cm³/mol. The Morgan fingerprint density at radius 3 is 2.22 bits per heavy atom. The number of aliphatic hydroxyl groups excluding tert-OH is 1. The molecule has 1 heterocycles. The molecule has 1 aromatic rings. The maximum atomic E-state index is 12.0. The smallest absolute Gasteiger partial charge is 0.218 e. The third-order valence-electron chi connectivity index (χ3n) is 3.47. The van der Waals surface area contributed by atoms with Gasteiger partial charge < -0.3 is 10.5 Å². The number of halogens is 1. The van der Waals surface area contributed by atoms with Crippen molar-refractivity contribution < 1.29 is 13.5 Å². The fourth-order valence-electron chi connectivity index (χ4n) is 2.17. The Kier molecular flexibility index (Phi) is 9.50. The van der Waals surface area contributed by atoms with Crippen LogP contribution in [-0.2, 0) is 15.8 Å². The molecule has 0 spiro atoms. The predicted octanol–water partition coefficient (Wildman–Crippen LogP) is 1.90. The lowest BCUT2D eigenvalue weighted by Gasteiger charge is -2.15. The number of nitrogens with zero attached hydrogens (tertiary/aromatic N) is 1. The van der Waals surface area contributed by atoms with Crippen molar-refractivity contribution in [3.8, 4) is 0 Å². The van der Waals surface area contributed by atoms with Gasteiger partial charge in [-0.05, 0) is 43.4 Å². The molecule has 0 atom stereocenters. The number of hydrogen-bond acceptors (Lipinski definition) is 5. The van der Waals surface area contributed by atoms with Crippen molar-refractivity contribution in [1.29, 1.82) is 0 Å². The van der Waals surface area contributed by atoms with Gasteiger partial charge in [-0.2, -0.15) is 0 Å². The molecule has 0 saturated carbocycles. The molecule has 1 aromatic carbocycles. The number of hydrazine groups is 1. The van der Waals surface area contributed by atoms with E-state index in [4.69, 9.17) is 22.6 Å². The van der Waals surface area contributed by atoms with Gasteiger partial charge in [-0.25, -0.2) is 12.7 Å². The second kappa shape index (κ2) is 10.8. The fraction of sp³-hybridized carbons (Fsp3) is 0.600. The molecule has 8 heteroatoms. The van der Waals surface area contributed by atoms with Crippen LogP contribution in [-0.4, -0.2) is 43.4 Å². The maximum Gasteiger partial charge on any atom is 0.218 e. The van der Waals surface area contributed by atoms with Gasteiger partial charge in [-0.1, -0.05) is 12.1 Å². The van der Waals surface area contributed by atoms with Crippen LogP contribution in [0.4, 0.5) is 5.69 Å². The number of sulfonamides is 1. The minimum Gasteiger partial charge on any atom is -0.396 e. The standard InChI is InChI=1S/C11H17N3O2S.C4H9ClO/c12-13-11-5-3-10(4-6-11)9-17(15,16)14-7-1-2-8-14;5-3-1-2-4-6/h3-6,13H,1-2,7-9,12H2;6H,1-4H2.